The number of amides is 1. The Morgan fingerprint density at radius 3 is 2.50 bits per heavy atom. The molecule has 0 bridgehead atoms. The third-order valence-corrected chi connectivity index (χ3v) is 3.13. The number of aliphatic hydroxyl groups excluding tert-OH is 1. The van der Waals surface area contributed by atoms with E-state index < -0.39 is 23.5 Å². The van der Waals surface area contributed by atoms with Gasteiger partial charge in [0, 0.05) is 16.7 Å². The molecule has 0 fully saturated rings. The first-order valence-electron chi connectivity index (χ1n) is 7.34. The van der Waals surface area contributed by atoms with Crippen LogP contribution >= 0.6 is 0 Å². The van der Waals surface area contributed by atoms with Crippen molar-refractivity contribution in [3.8, 4) is 11.8 Å². The third-order valence-electron chi connectivity index (χ3n) is 3.13. The Labute approximate surface area is 141 Å². The van der Waals surface area contributed by atoms with Crippen LogP contribution < -0.4 is 11.1 Å². The molecule has 0 heterocycles. The van der Waals surface area contributed by atoms with Crippen molar-refractivity contribution < 1.29 is 19.4 Å². The van der Waals surface area contributed by atoms with Crippen LogP contribution in [0.25, 0.3) is 0 Å². The highest BCUT2D eigenvalue weighted by Crippen LogP contribution is 2.10. The fourth-order valence-corrected chi connectivity index (χ4v) is 1.82. The summed E-state index contributed by atoms with van der Waals surface area (Å²) >= 11 is 0. The van der Waals surface area contributed by atoms with Crippen LogP contribution in [-0.2, 0) is 9.53 Å². The predicted octanol–water partition coefficient (Wildman–Crippen LogP) is 0.595. The van der Waals surface area contributed by atoms with Gasteiger partial charge in [-0.15, -0.1) is 0 Å². The Kier molecular flexibility index (Phi) is 7.18. The van der Waals surface area contributed by atoms with Crippen LogP contribution in [0.1, 0.15) is 29.8 Å². The second kappa shape index (κ2) is 8.87. The van der Waals surface area contributed by atoms with E-state index in [2.05, 4.69) is 21.9 Å². The second-order valence-corrected chi connectivity index (χ2v) is 5.68. The van der Waals surface area contributed by atoms with Crippen molar-refractivity contribution >= 4 is 11.9 Å². The van der Waals surface area contributed by atoms with Crippen LogP contribution in [0.5, 0.6) is 0 Å². The molecule has 6 heteroatoms. The number of rotatable bonds is 5. The summed E-state index contributed by atoms with van der Waals surface area (Å²) in [7, 11) is 1.24. The fraction of sp³-hybridized carbons (Fsp3) is 0.333. The van der Waals surface area contributed by atoms with Crippen molar-refractivity contribution in [3.63, 3.8) is 0 Å². The molecule has 6 nitrogen and oxygen atoms in total. The van der Waals surface area contributed by atoms with E-state index >= 15 is 0 Å². The summed E-state index contributed by atoms with van der Waals surface area (Å²) in [4.78, 5) is 24.1. The van der Waals surface area contributed by atoms with Crippen molar-refractivity contribution in [2.24, 2.45) is 5.73 Å². The number of methoxy groups -OCH3 is 1. The third kappa shape index (κ3) is 5.88. The molecular weight excluding hydrogens is 308 g/mol. The maximum absolute atomic E-state index is 12.3. The molecule has 0 spiro atoms. The van der Waals surface area contributed by atoms with Gasteiger partial charge in [-0.05, 0) is 44.2 Å². The molecule has 0 radical (unpaired) electrons. The normalized spacial score (nSPS) is 12.2. The maximum Gasteiger partial charge on any atom is 0.330 e. The van der Waals surface area contributed by atoms with E-state index in [-0.39, 0.29) is 6.61 Å². The van der Waals surface area contributed by atoms with E-state index in [0.717, 1.165) is 5.56 Å². The highest BCUT2D eigenvalue weighted by atomic mass is 16.5. The van der Waals surface area contributed by atoms with Gasteiger partial charge in [0.25, 0.3) is 5.91 Å². The number of esters is 1. The Balaban J connectivity index is 2.85. The summed E-state index contributed by atoms with van der Waals surface area (Å²) in [6.07, 6.45) is 3.07. The minimum absolute atomic E-state index is 0.0629. The summed E-state index contributed by atoms with van der Waals surface area (Å²) < 4.78 is 4.68. The van der Waals surface area contributed by atoms with Gasteiger partial charge in [0.2, 0.25) is 0 Å². The molecule has 0 aromatic heterocycles. The molecule has 0 aliphatic rings. The van der Waals surface area contributed by atoms with E-state index in [1.165, 1.54) is 13.2 Å². The molecule has 0 saturated carbocycles. The first-order valence-corrected chi connectivity index (χ1v) is 7.34. The van der Waals surface area contributed by atoms with Crippen LogP contribution in [0.15, 0.2) is 36.4 Å². The van der Waals surface area contributed by atoms with Crippen molar-refractivity contribution in [1.29, 1.82) is 0 Å². The predicted molar refractivity (Wildman–Crippen MR) is 91.1 cm³/mol. The summed E-state index contributed by atoms with van der Waals surface area (Å²) in [6, 6.07) is 5.63. The molecule has 0 saturated heterocycles. The van der Waals surface area contributed by atoms with Gasteiger partial charge in [0.05, 0.1) is 13.7 Å². The first-order chi connectivity index (χ1) is 11.3. The van der Waals surface area contributed by atoms with Gasteiger partial charge in [-0.1, -0.05) is 17.9 Å². The van der Waals surface area contributed by atoms with Gasteiger partial charge < -0.3 is 20.9 Å². The quantitative estimate of drug-likeness (QED) is 0.542. The van der Waals surface area contributed by atoms with Crippen LogP contribution in [0.2, 0.25) is 0 Å². The number of hydrogen-bond donors (Lipinski definition) is 3. The van der Waals surface area contributed by atoms with Gasteiger partial charge >= 0.3 is 5.97 Å². The molecule has 1 atom stereocenters. The van der Waals surface area contributed by atoms with E-state index in [1.54, 1.807) is 44.2 Å². The van der Waals surface area contributed by atoms with Crippen molar-refractivity contribution in [3.05, 3.63) is 47.5 Å². The van der Waals surface area contributed by atoms with Gasteiger partial charge in [0.15, 0.2) is 0 Å². The number of carbonyl (C=O) groups excluding carboxylic acids is 2. The number of benzene rings is 1. The van der Waals surface area contributed by atoms with E-state index in [0.29, 0.717) is 5.56 Å². The van der Waals surface area contributed by atoms with Gasteiger partial charge in [-0.25, -0.2) is 4.79 Å². The van der Waals surface area contributed by atoms with E-state index in [1.807, 2.05) is 0 Å². The number of nitrogens with one attached hydrogen (secondary N) is 1. The average molecular weight is 330 g/mol. The number of allylic oxidation sites excluding steroid dienone is 1. The highest BCUT2D eigenvalue weighted by Gasteiger charge is 2.34. The van der Waals surface area contributed by atoms with E-state index in [9.17, 15) is 9.59 Å². The Morgan fingerprint density at radius 2 is 2.00 bits per heavy atom. The van der Waals surface area contributed by atoms with Crippen molar-refractivity contribution in [2.45, 2.75) is 25.4 Å². The molecule has 1 amide bonds. The molecular formula is C18H22N2O4. The minimum atomic E-state index is -0.965. The molecule has 24 heavy (non-hydrogen) atoms. The number of aliphatic hydroxyl groups is 1. The smallest absolute Gasteiger partial charge is 0.330 e. The van der Waals surface area contributed by atoms with Crippen LogP contribution in [-0.4, -0.2) is 42.3 Å². The standard InChI is InChI=1S/C18H22N2O4/c1-18(2,19)15(17(23)24-3)20-16(22)14-10-8-13(9-11-14)7-5-4-6-12-21/h4,6,8-11,15,21H,12,19H2,1-3H3,(H,20,22)/t15-/m1/s1. The average Bonchev–Trinajstić information content (AvgIpc) is 2.55. The lowest BCUT2D eigenvalue weighted by Crippen LogP contribution is -2.59. The highest BCUT2D eigenvalue weighted by molar-refractivity contribution is 5.97. The molecule has 0 aliphatic heterocycles. The lowest BCUT2D eigenvalue weighted by atomic mass is 9.95. The van der Waals surface area contributed by atoms with Crippen LogP contribution in [0.3, 0.4) is 0 Å². The number of ether oxygens (including phenoxy) is 1. The monoisotopic (exact) mass is 330 g/mol. The molecule has 0 aliphatic carbocycles. The molecule has 1 aromatic rings. The lowest BCUT2D eigenvalue weighted by Gasteiger charge is -2.28. The Hall–Kier alpha value is -2.62. The minimum Gasteiger partial charge on any atom is -0.467 e. The Bertz CT molecular complexity index is 661. The first kappa shape index (κ1) is 19.4. The molecule has 0 unspecified atom stereocenters. The summed E-state index contributed by atoms with van der Waals surface area (Å²) in [5.41, 5.74) is 6.06. The van der Waals surface area contributed by atoms with Crippen molar-refractivity contribution in [2.75, 3.05) is 13.7 Å². The fourth-order valence-electron chi connectivity index (χ4n) is 1.82. The number of carbonyl (C=O) groups is 2. The van der Waals surface area contributed by atoms with Crippen LogP contribution in [0, 0.1) is 11.8 Å². The molecule has 128 valence electrons. The zero-order valence-corrected chi connectivity index (χ0v) is 14.0. The van der Waals surface area contributed by atoms with Gasteiger partial charge in [-0.3, -0.25) is 4.79 Å². The molecule has 1 rings (SSSR count). The lowest BCUT2D eigenvalue weighted by molar-refractivity contribution is -0.144. The van der Waals surface area contributed by atoms with Crippen molar-refractivity contribution in [1.82, 2.24) is 5.32 Å². The van der Waals surface area contributed by atoms with Crippen LogP contribution in [0.4, 0.5) is 0 Å². The molecule has 4 N–H and O–H groups in total. The van der Waals surface area contributed by atoms with Gasteiger partial charge in [0.1, 0.15) is 6.04 Å². The summed E-state index contributed by atoms with van der Waals surface area (Å²) in [5, 5.41) is 11.2. The van der Waals surface area contributed by atoms with Gasteiger partial charge in [-0.2, -0.15) is 0 Å². The Morgan fingerprint density at radius 1 is 1.38 bits per heavy atom. The molecule has 1 aromatic carbocycles. The number of nitrogens with two attached hydrogens (primary N) is 1. The largest absolute Gasteiger partial charge is 0.467 e. The zero-order chi connectivity index (χ0) is 18.2. The number of hydrogen-bond acceptors (Lipinski definition) is 5. The topological polar surface area (TPSA) is 102 Å². The summed E-state index contributed by atoms with van der Waals surface area (Å²) in [5.74, 6) is 4.59. The van der Waals surface area contributed by atoms with E-state index in [4.69, 9.17) is 10.8 Å². The SMILES string of the molecule is COC(=O)[C@@H](NC(=O)c1ccc(C#CC=CCO)cc1)C(C)(C)N. The zero-order valence-electron chi connectivity index (χ0n) is 14.0. The summed E-state index contributed by atoms with van der Waals surface area (Å²) in [6.45, 7) is 3.20. The maximum atomic E-state index is 12.3. The second-order valence-electron chi connectivity index (χ2n) is 5.68.